The van der Waals surface area contributed by atoms with Crippen molar-refractivity contribution in [3.05, 3.63) is 59.2 Å². The summed E-state index contributed by atoms with van der Waals surface area (Å²) in [5.41, 5.74) is 4.05. The lowest BCUT2D eigenvalue weighted by Crippen LogP contribution is -2.29. The number of anilines is 2. The summed E-state index contributed by atoms with van der Waals surface area (Å²) < 4.78 is 0. The van der Waals surface area contributed by atoms with Gasteiger partial charge in [-0.25, -0.2) is 0 Å². The van der Waals surface area contributed by atoms with E-state index < -0.39 is 0 Å². The minimum atomic E-state index is -0.332. The van der Waals surface area contributed by atoms with E-state index in [-0.39, 0.29) is 30.1 Å². The fourth-order valence-electron chi connectivity index (χ4n) is 3.71. The summed E-state index contributed by atoms with van der Waals surface area (Å²) in [6.07, 6.45) is 2.22. The van der Waals surface area contributed by atoms with Crippen LogP contribution in [0.5, 0.6) is 0 Å². The zero-order valence-corrected chi connectivity index (χ0v) is 17.8. The van der Waals surface area contributed by atoms with Crippen LogP contribution < -0.4 is 10.6 Å². The molecule has 2 aromatic carbocycles. The number of likely N-dealkylation sites (tertiary alicyclic amines) is 1. The van der Waals surface area contributed by atoms with Crippen LogP contribution in [0.4, 0.5) is 11.4 Å². The third-order valence-corrected chi connectivity index (χ3v) is 5.26. The van der Waals surface area contributed by atoms with Crippen LogP contribution >= 0.6 is 0 Å². The van der Waals surface area contributed by atoms with Crippen LogP contribution in [0.2, 0.25) is 0 Å². The Balaban J connectivity index is 1.57. The van der Waals surface area contributed by atoms with Crippen LogP contribution in [0.1, 0.15) is 47.7 Å². The van der Waals surface area contributed by atoms with Crippen molar-refractivity contribution in [3.8, 4) is 0 Å². The van der Waals surface area contributed by atoms with Crippen LogP contribution in [0.15, 0.2) is 42.5 Å². The molecule has 0 saturated carbocycles. The number of benzene rings is 2. The molecule has 1 aliphatic heterocycles. The van der Waals surface area contributed by atoms with Gasteiger partial charge in [0.25, 0.3) is 5.91 Å². The molecule has 1 fully saturated rings. The first-order valence-electron chi connectivity index (χ1n) is 10.4. The minimum absolute atomic E-state index is 0.0435. The number of carbonyl (C=O) groups is 3. The average molecular weight is 408 g/mol. The van der Waals surface area contributed by atoms with Crippen molar-refractivity contribution in [1.29, 1.82) is 0 Å². The van der Waals surface area contributed by atoms with Crippen LogP contribution in [0.25, 0.3) is 0 Å². The quantitative estimate of drug-likeness (QED) is 0.724. The Bertz CT molecular complexity index is 917. The summed E-state index contributed by atoms with van der Waals surface area (Å²) in [7, 11) is 0. The van der Waals surface area contributed by atoms with E-state index in [9.17, 15) is 14.4 Å². The lowest BCUT2D eigenvalue weighted by molar-refractivity contribution is -0.128. The molecule has 1 atom stereocenters. The molecule has 6 nitrogen and oxygen atoms in total. The topological polar surface area (TPSA) is 78.5 Å². The predicted octanol–water partition coefficient (Wildman–Crippen LogP) is 4.14. The number of carbonyl (C=O) groups excluding carboxylic acids is 3. The Kier molecular flexibility index (Phi) is 6.87. The monoisotopic (exact) mass is 407 g/mol. The lowest BCUT2D eigenvalue weighted by atomic mass is 10.1. The number of amides is 3. The molecule has 158 valence electrons. The maximum absolute atomic E-state index is 12.5. The molecular formula is C24H29N3O3. The molecule has 0 aliphatic carbocycles. The fraction of sp³-hybridized carbons (Fsp3) is 0.375. The summed E-state index contributed by atoms with van der Waals surface area (Å²) in [5, 5.41) is 5.76. The standard InChI is InChI=1S/C24H29N3O3/c1-4-5-10-27-15-19(14-22(27)28)24(30)25-20-8-6-18(7-9-20)23(29)26-21-12-16(2)11-17(3)13-21/h6-9,11-13,19H,4-5,10,14-15H2,1-3H3,(H,25,30)(H,26,29)/t19-/m0/s1. The molecule has 0 radical (unpaired) electrons. The Hall–Kier alpha value is -3.15. The van der Waals surface area contributed by atoms with Gasteiger partial charge in [-0.1, -0.05) is 19.4 Å². The van der Waals surface area contributed by atoms with Crippen LogP contribution in [-0.2, 0) is 9.59 Å². The van der Waals surface area contributed by atoms with Crippen molar-refractivity contribution in [1.82, 2.24) is 4.90 Å². The van der Waals surface area contributed by atoms with Gasteiger partial charge >= 0.3 is 0 Å². The average Bonchev–Trinajstić information content (AvgIpc) is 3.07. The van der Waals surface area contributed by atoms with Crippen molar-refractivity contribution in [2.75, 3.05) is 23.7 Å². The van der Waals surface area contributed by atoms with Gasteiger partial charge < -0.3 is 15.5 Å². The summed E-state index contributed by atoms with van der Waals surface area (Å²) >= 11 is 0. The van der Waals surface area contributed by atoms with E-state index in [4.69, 9.17) is 0 Å². The van der Waals surface area contributed by atoms with E-state index in [1.165, 1.54) is 0 Å². The number of hydrogen-bond acceptors (Lipinski definition) is 3. The molecule has 0 aromatic heterocycles. The highest BCUT2D eigenvalue weighted by Gasteiger charge is 2.33. The van der Waals surface area contributed by atoms with Gasteiger partial charge in [0, 0.05) is 36.4 Å². The molecule has 1 saturated heterocycles. The van der Waals surface area contributed by atoms with Crippen LogP contribution in [0, 0.1) is 19.8 Å². The molecule has 2 aromatic rings. The number of aryl methyl sites for hydroxylation is 2. The molecule has 30 heavy (non-hydrogen) atoms. The number of hydrogen-bond donors (Lipinski definition) is 2. The fourth-order valence-corrected chi connectivity index (χ4v) is 3.71. The molecular weight excluding hydrogens is 378 g/mol. The Morgan fingerprint density at radius 1 is 1.00 bits per heavy atom. The SMILES string of the molecule is CCCCN1C[C@@H](C(=O)Nc2ccc(C(=O)Nc3cc(C)cc(C)c3)cc2)CC1=O. The third kappa shape index (κ3) is 5.47. The van der Waals surface area contributed by atoms with Crippen LogP contribution in [-0.4, -0.2) is 35.7 Å². The maximum Gasteiger partial charge on any atom is 0.255 e. The smallest absolute Gasteiger partial charge is 0.255 e. The zero-order chi connectivity index (χ0) is 21.7. The summed E-state index contributed by atoms with van der Waals surface area (Å²) in [6.45, 7) is 7.24. The van der Waals surface area contributed by atoms with Gasteiger partial charge in [-0.15, -0.1) is 0 Å². The first kappa shape index (κ1) is 21.6. The van der Waals surface area contributed by atoms with E-state index >= 15 is 0 Å². The normalized spacial score (nSPS) is 15.9. The highest BCUT2D eigenvalue weighted by Crippen LogP contribution is 2.21. The second kappa shape index (κ2) is 9.57. The lowest BCUT2D eigenvalue weighted by Gasteiger charge is -2.16. The maximum atomic E-state index is 12.5. The molecule has 3 rings (SSSR count). The minimum Gasteiger partial charge on any atom is -0.342 e. The van der Waals surface area contributed by atoms with Crippen molar-refractivity contribution >= 4 is 29.1 Å². The molecule has 0 unspecified atom stereocenters. The van der Waals surface area contributed by atoms with Crippen molar-refractivity contribution in [3.63, 3.8) is 0 Å². The summed E-state index contributed by atoms with van der Waals surface area (Å²) in [5.74, 6) is -0.649. The molecule has 6 heteroatoms. The van der Waals surface area contributed by atoms with Gasteiger partial charge in [0.2, 0.25) is 11.8 Å². The Morgan fingerprint density at radius 3 is 2.30 bits per heavy atom. The second-order valence-electron chi connectivity index (χ2n) is 7.99. The predicted molar refractivity (Wildman–Crippen MR) is 119 cm³/mol. The number of nitrogens with zero attached hydrogens (tertiary/aromatic N) is 1. The van der Waals surface area contributed by atoms with Gasteiger partial charge in [-0.05, 0) is 67.8 Å². The van der Waals surface area contributed by atoms with Crippen molar-refractivity contribution < 1.29 is 14.4 Å². The number of rotatable bonds is 7. The third-order valence-electron chi connectivity index (χ3n) is 5.26. The van der Waals surface area contributed by atoms with E-state index in [0.717, 1.165) is 29.7 Å². The first-order valence-corrected chi connectivity index (χ1v) is 10.4. The highest BCUT2D eigenvalue weighted by molar-refractivity contribution is 6.05. The van der Waals surface area contributed by atoms with Gasteiger partial charge in [0.05, 0.1) is 5.92 Å². The number of unbranched alkanes of at least 4 members (excludes halogenated alkanes) is 1. The Morgan fingerprint density at radius 2 is 1.67 bits per heavy atom. The molecule has 3 amide bonds. The molecule has 0 bridgehead atoms. The molecule has 2 N–H and O–H groups in total. The van der Waals surface area contributed by atoms with Gasteiger partial charge in [-0.2, -0.15) is 0 Å². The van der Waals surface area contributed by atoms with Crippen molar-refractivity contribution in [2.45, 2.75) is 40.0 Å². The largest absolute Gasteiger partial charge is 0.342 e. The second-order valence-corrected chi connectivity index (χ2v) is 7.99. The molecule has 1 heterocycles. The van der Waals surface area contributed by atoms with Gasteiger partial charge in [0.15, 0.2) is 0 Å². The van der Waals surface area contributed by atoms with E-state index in [1.54, 1.807) is 29.2 Å². The van der Waals surface area contributed by atoms with Crippen molar-refractivity contribution in [2.24, 2.45) is 5.92 Å². The summed E-state index contributed by atoms with van der Waals surface area (Å²) in [6, 6.07) is 12.7. The Labute approximate surface area is 177 Å². The molecule has 1 aliphatic rings. The number of nitrogens with one attached hydrogen (secondary N) is 2. The van der Waals surface area contributed by atoms with E-state index in [0.29, 0.717) is 24.3 Å². The first-order chi connectivity index (χ1) is 14.4. The highest BCUT2D eigenvalue weighted by atomic mass is 16.2. The van der Waals surface area contributed by atoms with Crippen LogP contribution in [0.3, 0.4) is 0 Å². The van der Waals surface area contributed by atoms with E-state index in [2.05, 4.69) is 17.6 Å². The zero-order valence-electron chi connectivity index (χ0n) is 17.8. The van der Waals surface area contributed by atoms with Gasteiger partial charge in [0.1, 0.15) is 0 Å². The molecule has 0 spiro atoms. The van der Waals surface area contributed by atoms with Gasteiger partial charge in [-0.3, -0.25) is 14.4 Å². The summed E-state index contributed by atoms with van der Waals surface area (Å²) in [4.78, 5) is 38.9. The van der Waals surface area contributed by atoms with E-state index in [1.807, 2.05) is 32.0 Å².